The number of carbonyl (C=O) groups excluding carboxylic acids is 1. The van der Waals surface area contributed by atoms with Gasteiger partial charge < -0.3 is 14.8 Å². The number of sulfonamides is 1. The number of unbranched alkanes of at least 4 members (excludes halogenated alkanes) is 2. The minimum atomic E-state index is -3.63. The number of aliphatic carboxylic acids is 1. The molecule has 0 aliphatic heterocycles. The van der Waals surface area contributed by atoms with Crippen molar-refractivity contribution in [2.24, 2.45) is 0 Å². The molecule has 2 aromatic rings. The van der Waals surface area contributed by atoms with Gasteiger partial charge in [0.2, 0.25) is 10.0 Å². The Labute approximate surface area is 148 Å². The van der Waals surface area contributed by atoms with Crippen molar-refractivity contribution in [1.29, 1.82) is 0 Å². The fourth-order valence-corrected chi connectivity index (χ4v) is 4.04. The van der Waals surface area contributed by atoms with Crippen LogP contribution in [0.25, 0.3) is 10.8 Å². The van der Waals surface area contributed by atoms with E-state index < -0.39 is 16.0 Å². The van der Waals surface area contributed by atoms with Gasteiger partial charge in [-0.3, -0.25) is 0 Å². The highest BCUT2D eigenvalue weighted by atomic mass is 32.2. The number of nitrogens with zero attached hydrogens (tertiary/aromatic N) is 1. The van der Waals surface area contributed by atoms with Crippen LogP contribution in [0.3, 0.4) is 0 Å². The van der Waals surface area contributed by atoms with Crippen molar-refractivity contribution < 1.29 is 18.3 Å². The summed E-state index contributed by atoms with van der Waals surface area (Å²) in [6, 6.07) is 10.8. The molecule has 0 spiro atoms. The molecule has 136 valence electrons. The number of carboxylic acids is 1. The Morgan fingerprint density at radius 2 is 1.72 bits per heavy atom. The van der Waals surface area contributed by atoms with E-state index >= 15 is 0 Å². The van der Waals surface area contributed by atoms with Gasteiger partial charge in [-0.15, -0.1) is 0 Å². The van der Waals surface area contributed by atoms with Crippen LogP contribution >= 0.6 is 0 Å². The topological polar surface area (TPSA) is 89.5 Å². The third-order valence-electron chi connectivity index (χ3n) is 3.98. The minimum absolute atomic E-state index is 0.00336. The molecular formula is C18H23N2O4S-. The number of benzene rings is 2. The molecule has 0 unspecified atom stereocenters. The zero-order chi connectivity index (χ0) is 18.4. The average Bonchev–Trinajstić information content (AvgIpc) is 2.56. The van der Waals surface area contributed by atoms with Crippen LogP contribution in [-0.2, 0) is 14.8 Å². The van der Waals surface area contributed by atoms with Gasteiger partial charge >= 0.3 is 0 Å². The summed E-state index contributed by atoms with van der Waals surface area (Å²) >= 11 is 0. The SMILES string of the molecule is CN(C)c1cccc2c(S(=O)(=O)NCCCCCC(=O)[O-])cccc12. The summed E-state index contributed by atoms with van der Waals surface area (Å²) in [6.45, 7) is 0.277. The summed E-state index contributed by atoms with van der Waals surface area (Å²) in [5, 5.41) is 11.9. The molecule has 0 radical (unpaired) electrons. The zero-order valence-corrected chi connectivity index (χ0v) is 15.3. The summed E-state index contributed by atoms with van der Waals surface area (Å²) in [4.78, 5) is 12.6. The molecule has 0 aliphatic rings. The van der Waals surface area contributed by atoms with Gasteiger partial charge in [0.15, 0.2) is 0 Å². The van der Waals surface area contributed by atoms with Crippen molar-refractivity contribution in [3.63, 3.8) is 0 Å². The summed E-state index contributed by atoms with van der Waals surface area (Å²) in [5.74, 6) is -1.08. The van der Waals surface area contributed by atoms with Crippen LogP contribution < -0.4 is 14.7 Å². The maximum atomic E-state index is 12.6. The highest BCUT2D eigenvalue weighted by Gasteiger charge is 2.17. The Kier molecular flexibility index (Phi) is 6.39. The summed E-state index contributed by atoms with van der Waals surface area (Å²) in [6.07, 6.45) is 1.71. The summed E-state index contributed by atoms with van der Waals surface area (Å²) in [7, 11) is 0.205. The maximum Gasteiger partial charge on any atom is 0.241 e. The molecule has 25 heavy (non-hydrogen) atoms. The molecule has 1 N–H and O–H groups in total. The molecule has 0 heterocycles. The van der Waals surface area contributed by atoms with Crippen LogP contribution in [0, 0.1) is 0 Å². The molecule has 0 saturated carbocycles. The lowest BCUT2D eigenvalue weighted by Crippen LogP contribution is -2.25. The molecule has 0 saturated heterocycles. The smallest absolute Gasteiger partial charge is 0.241 e. The first-order valence-corrected chi connectivity index (χ1v) is 9.70. The molecule has 0 bridgehead atoms. The van der Waals surface area contributed by atoms with Gasteiger partial charge in [-0.05, 0) is 31.4 Å². The molecule has 0 aromatic heterocycles. The van der Waals surface area contributed by atoms with E-state index in [1.54, 1.807) is 18.2 Å². The monoisotopic (exact) mass is 363 g/mol. The van der Waals surface area contributed by atoms with Crippen LogP contribution in [0.15, 0.2) is 41.3 Å². The van der Waals surface area contributed by atoms with Gasteiger partial charge in [-0.25, -0.2) is 13.1 Å². The number of anilines is 1. The summed E-state index contributed by atoms with van der Waals surface area (Å²) < 4.78 is 27.9. The molecule has 0 aliphatic carbocycles. The second-order valence-electron chi connectivity index (χ2n) is 6.10. The lowest BCUT2D eigenvalue weighted by atomic mass is 10.1. The van der Waals surface area contributed by atoms with Crippen LogP contribution in [-0.4, -0.2) is 35.0 Å². The maximum absolute atomic E-state index is 12.6. The van der Waals surface area contributed by atoms with E-state index in [0.717, 1.165) is 11.1 Å². The quantitative estimate of drug-likeness (QED) is 0.682. The third kappa shape index (κ3) is 4.93. The summed E-state index contributed by atoms with van der Waals surface area (Å²) in [5.41, 5.74) is 0.955. The largest absolute Gasteiger partial charge is 0.550 e. The van der Waals surface area contributed by atoms with Crippen molar-refractivity contribution >= 4 is 32.5 Å². The predicted molar refractivity (Wildman–Crippen MR) is 96.9 cm³/mol. The van der Waals surface area contributed by atoms with Crippen molar-refractivity contribution in [3.05, 3.63) is 36.4 Å². The number of fused-ring (bicyclic) bond motifs is 1. The first-order valence-electron chi connectivity index (χ1n) is 8.21. The van der Waals surface area contributed by atoms with Crippen LogP contribution in [0.5, 0.6) is 0 Å². The van der Waals surface area contributed by atoms with Crippen molar-refractivity contribution in [1.82, 2.24) is 4.72 Å². The molecule has 0 atom stereocenters. The Balaban J connectivity index is 2.14. The van der Waals surface area contributed by atoms with E-state index in [-0.39, 0.29) is 17.9 Å². The Morgan fingerprint density at radius 1 is 1.04 bits per heavy atom. The van der Waals surface area contributed by atoms with Gasteiger partial charge in [0.25, 0.3) is 0 Å². The molecule has 2 rings (SSSR count). The van der Waals surface area contributed by atoms with Crippen molar-refractivity contribution in [3.8, 4) is 0 Å². The fourth-order valence-electron chi connectivity index (χ4n) is 2.74. The van der Waals surface area contributed by atoms with Crippen LogP contribution in [0.2, 0.25) is 0 Å². The number of hydrogen-bond donors (Lipinski definition) is 1. The highest BCUT2D eigenvalue weighted by molar-refractivity contribution is 7.89. The zero-order valence-electron chi connectivity index (χ0n) is 14.5. The standard InChI is InChI=1S/C18H24N2O4S/c1-20(2)16-10-6-9-15-14(16)8-7-11-17(15)25(23,24)19-13-5-3-4-12-18(21)22/h6-11,19H,3-5,12-13H2,1-2H3,(H,21,22)/p-1. The van der Waals surface area contributed by atoms with E-state index in [4.69, 9.17) is 0 Å². The second kappa shape index (κ2) is 8.31. The molecule has 0 fully saturated rings. The lowest BCUT2D eigenvalue weighted by molar-refractivity contribution is -0.305. The Morgan fingerprint density at radius 3 is 2.40 bits per heavy atom. The molecule has 2 aromatic carbocycles. The van der Waals surface area contributed by atoms with Crippen LogP contribution in [0.4, 0.5) is 5.69 Å². The fraction of sp³-hybridized carbons (Fsp3) is 0.389. The molecule has 7 heteroatoms. The Bertz CT molecular complexity index is 847. The van der Waals surface area contributed by atoms with Gasteiger partial charge in [-0.2, -0.15) is 0 Å². The van der Waals surface area contributed by atoms with Gasteiger partial charge in [0.1, 0.15) is 0 Å². The van der Waals surface area contributed by atoms with Crippen LogP contribution in [0.1, 0.15) is 25.7 Å². The minimum Gasteiger partial charge on any atom is -0.550 e. The van der Waals surface area contributed by atoms with E-state index in [1.165, 1.54) is 0 Å². The molecular weight excluding hydrogens is 340 g/mol. The van der Waals surface area contributed by atoms with E-state index in [2.05, 4.69) is 4.72 Å². The molecule has 6 nitrogen and oxygen atoms in total. The van der Waals surface area contributed by atoms with Crippen molar-refractivity contribution in [2.75, 3.05) is 25.5 Å². The molecule has 0 amide bonds. The third-order valence-corrected chi connectivity index (χ3v) is 5.50. The normalized spacial score (nSPS) is 11.6. The first kappa shape index (κ1) is 19.2. The highest BCUT2D eigenvalue weighted by Crippen LogP contribution is 2.30. The number of carbonyl (C=O) groups is 1. The predicted octanol–water partition coefficient (Wildman–Crippen LogP) is 1.49. The number of carboxylic acid groups (broad SMARTS) is 1. The average molecular weight is 363 g/mol. The van der Waals surface area contributed by atoms with Gasteiger partial charge in [0, 0.05) is 43.1 Å². The number of rotatable bonds is 9. The van der Waals surface area contributed by atoms with Gasteiger partial charge in [-0.1, -0.05) is 30.7 Å². The first-order chi connectivity index (χ1) is 11.8. The van der Waals surface area contributed by atoms with E-state index in [0.29, 0.717) is 24.6 Å². The van der Waals surface area contributed by atoms with Gasteiger partial charge in [0.05, 0.1) is 4.90 Å². The number of hydrogen-bond acceptors (Lipinski definition) is 5. The Hall–Kier alpha value is -2.12. The van der Waals surface area contributed by atoms with E-state index in [1.807, 2.05) is 37.2 Å². The van der Waals surface area contributed by atoms with Crippen molar-refractivity contribution in [2.45, 2.75) is 30.6 Å². The number of nitrogens with one attached hydrogen (secondary N) is 1. The second-order valence-corrected chi connectivity index (χ2v) is 7.84. The van der Waals surface area contributed by atoms with E-state index in [9.17, 15) is 18.3 Å². The lowest BCUT2D eigenvalue weighted by Gasteiger charge is -2.17.